The zero-order chi connectivity index (χ0) is 19.4. The van der Waals surface area contributed by atoms with Gasteiger partial charge in [-0.1, -0.05) is 26.0 Å². The molecule has 1 aromatic rings. The van der Waals surface area contributed by atoms with Gasteiger partial charge in [0.25, 0.3) is 0 Å². The summed E-state index contributed by atoms with van der Waals surface area (Å²) in [6, 6.07) is 6.42. The second-order valence-corrected chi connectivity index (χ2v) is 6.14. The van der Waals surface area contributed by atoms with E-state index in [1.807, 2.05) is 6.92 Å². The Morgan fingerprint density at radius 1 is 1.15 bits per heavy atom. The van der Waals surface area contributed by atoms with E-state index in [1.54, 1.807) is 12.1 Å². The van der Waals surface area contributed by atoms with Crippen LogP contribution in [0.5, 0.6) is 5.75 Å². The predicted molar refractivity (Wildman–Crippen MR) is 112 cm³/mol. The highest BCUT2D eigenvalue weighted by molar-refractivity contribution is 14.0. The van der Waals surface area contributed by atoms with Crippen LogP contribution >= 0.6 is 24.0 Å². The Morgan fingerprint density at radius 2 is 1.81 bits per heavy atom. The molecule has 156 valence electrons. The van der Waals surface area contributed by atoms with Gasteiger partial charge in [0.15, 0.2) is 12.6 Å². The number of guanidine groups is 1. The minimum absolute atomic E-state index is 0. The Bertz CT molecular complexity index is 538. The summed E-state index contributed by atoms with van der Waals surface area (Å²) in [4.78, 5) is 4.45. The van der Waals surface area contributed by atoms with Crippen molar-refractivity contribution in [2.75, 3.05) is 32.9 Å². The van der Waals surface area contributed by atoms with Crippen molar-refractivity contribution in [2.45, 2.75) is 33.5 Å². The first-order valence-corrected chi connectivity index (χ1v) is 8.68. The molecule has 2 N–H and O–H groups in total. The topological polar surface area (TPSA) is 54.9 Å². The summed E-state index contributed by atoms with van der Waals surface area (Å²) in [5, 5.41) is 6.31. The molecule has 0 fully saturated rings. The maximum absolute atomic E-state index is 12.1. The molecule has 0 unspecified atom stereocenters. The lowest BCUT2D eigenvalue weighted by molar-refractivity contribution is -0.153. The first kappa shape index (κ1) is 25.8. The van der Waals surface area contributed by atoms with Gasteiger partial charge < -0.3 is 20.1 Å². The Morgan fingerprint density at radius 3 is 2.37 bits per heavy atom. The quantitative estimate of drug-likeness (QED) is 0.220. The minimum Gasteiger partial charge on any atom is -0.484 e. The molecule has 0 aliphatic heterocycles. The van der Waals surface area contributed by atoms with Gasteiger partial charge in [0.05, 0.1) is 13.2 Å². The van der Waals surface area contributed by atoms with E-state index in [9.17, 15) is 13.2 Å². The summed E-state index contributed by atoms with van der Waals surface area (Å²) in [6.07, 6.45) is -4.34. The van der Waals surface area contributed by atoms with E-state index in [0.29, 0.717) is 31.6 Å². The molecule has 9 heteroatoms. The van der Waals surface area contributed by atoms with Gasteiger partial charge in [-0.25, -0.2) is 4.99 Å². The van der Waals surface area contributed by atoms with E-state index in [1.165, 1.54) is 12.1 Å². The molecule has 0 aliphatic rings. The molecular weight excluding hydrogens is 474 g/mol. The number of aliphatic imine (C=N–C) groups is 1. The molecule has 0 aromatic heterocycles. The summed E-state index contributed by atoms with van der Waals surface area (Å²) in [7, 11) is 0. The Hall–Kier alpha value is -1.23. The normalized spacial score (nSPS) is 11.9. The van der Waals surface area contributed by atoms with Gasteiger partial charge in [-0.3, -0.25) is 0 Å². The number of nitrogens with one attached hydrogen (secondary N) is 2. The van der Waals surface area contributed by atoms with Gasteiger partial charge in [-0.15, -0.1) is 24.0 Å². The molecule has 0 spiro atoms. The third kappa shape index (κ3) is 13.6. The molecule has 0 radical (unpaired) electrons. The SMILES string of the molecule is CCNC(=NCc1ccc(OCC(F)(F)F)cc1)NCCOCC(C)C.I. The van der Waals surface area contributed by atoms with Crippen LogP contribution < -0.4 is 15.4 Å². The molecular formula is C18H29F3IN3O2. The summed E-state index contributed by atoms with van der Waals surface area (Å²) >= 11 is 0. The van der Waals surface area contributed by atoms with E-state index in [0.717, 1.165) is 18.7 Å². The number of halogens is 4. The van der Waals surface area contributed by atoms with Gasteiger partial charge in [0, 0.05) is 19.7 Å². The van der Waals surface area contributed by atoms with Crippen molar-refractivity contribution in [3.63, 3.8) is 0 Å². The van der Waals surface area contributed by atoms with E-state index in [-0.39, 0.29) is 29.7 Å². The Kier molecular flexibility index (Phi) is 13.2. The van der Waals surface area contributed by atoms with E-state index in [4.69, 9.17) is 4.74 Å². The second-order valence-electron chi connectivity index (χ2n) is 6.14. The van der Waals surface area contributed by atoms with Gasteiger partial charge in [-0.05, 0) is 30.5 Å². The zero-order valence-corrected chi connectivity index (χ0v) is 18.3. The molecule has 0 saturated heterocycles. The lowest BCUT2D eigenvalue weighted by Crippen LogP contribution is -2.39. The number of hydrogen-bond donors (Lipinski definition) is 2. The molecule has 0 amide bonds. The van der Waals surface area contributed by atoms with Crippen LogP contribution in [-0.2, 0) is 11.3 Å². The number of rotatable bonds is 10. The lowest BCUT2D eigenvalue weighted by atomic mass is 10.2. The van der Waals surface area contributed by atoms with Crippen LogP contribution in [0.25, 0.3) is 0 Å². The Balaban J connectivity index is 0.00000676. The third-order valence-electron chi connectivity index (χ3n) is 3.08. The summed E-state index contributed by atoms with van der Waals surface area (Å²) in [5.41, 5.74) is 0.873. The highest BCUT2D eigenvalue weighted by Gasteiger charge is 2.28. The van der Waals surface area contributed by atoms with Crippen molar-refractivity contribution in [3.8, 4) is 5.75 Å². The van der Waals surface area contributed by atoms with Crippen molar-refractivity contribution in [1.82, 2.24) is 10.6 Å². The van der Waals surface area contributed by atoms with Crippen molar-refractivity contribution in [2.24, 2.45) is 10.9 Å². The van der Waals surface area contributed by atoms with Crippen molar-refractivity contribution in [3.05, 3.63) is 29.8 Å². The number of benzene rings is 1. The first-order chi connectivity index (χ1) is 12.3. The van der Waals surface area contributed by atoms with E-state index >= 15 is 0 Å². The van der Waals surface area contributed by atoms with Gasteiger partial charge in [-0.2, -0.15) is 13.2 Å². The molecule has 0 aliphatic carbocycles. The number of alkyl halides is 3. The summed E-state index contributed by atoms with van der Waals surface area (Å²) in [6.45, 7) is 7.95. The average molecular weight is 503 g/mol. The van der Waals surface area contributed by atoms with Gasteiger partial charge in [0.1, 0.15) is 5.75 Å². The van der Waals surface area contributed by atoms with Crippen LogP contribution in [0.1, 0.15) is 26.3 Å². The van der Waals surface area contributed by atoms with Crippen LogP contribution in [-0.4, -0.2) is 45.0 Å². The van der Waals surface area contributed by atoms with Crippen LogP contribution in [0.2, 0.25) is 0 Å². The molecule has 0 bridgehead atoms. The number of nitrogens with zero attached hydrogens (tertiary/aromatic N) is 1. The monoisotopic (exact) mass is 503 g/mol. The van der Waals surface area contributed by atoms with E-state index in [2.05, 4.69) is 34.2 Å². The molecule has 1 aromatic carbocycles. The predicted octanol–water partition coefficient (Wildman–Crippen LogP) is 3.97. The average Bonchev–Trinajstić information content (AvgIpc) is 2.57. The smallest absolute Gasteiger partial charge is 0.422 e. The van der Waals surface area contributed by atoms with Crippen LogP contribution in [0, 0.1) is 5.92 Å². The summed E-state index contributed by atoms with van der Waals surface area (Å²) in [5.74, 6) is 1.35. The fourth-order valence-electron chi connectivity index (χ4n) is 1.93. The first-order valence-electron chi connectivity index (χ1n) is 8.68. The largest absolute Gasteiger partial charge is 0.484 e. The maximum Gasteiger partial charge on any atom is 0.422 e. The van der Waals surface area contributed by atoms with Crippen molar-refractivity contribution < 1.29 is 22.6 Å². The standard InChI is InChI=1S/C18H28F3N3O2.HI/c1-4-22-17(23-9-10-25-12-14(2)3)24-11-15-5-7-16(8-6-15)26-13-18(19,20)21;/h5-8,14H,4,9-13H2,1-3H3,(H2,22,23,24);1H. The third-order valence-corrected chi connectivity index (χ3v) is 3.08. The second kappa shape index (κ2) is 13.9. The van der Waals surface area contributed by atoms with Crippen molar-refractivity contribution in [1.29, 1.82) is 0 Å². The van der Waals surface area contributed by atoms with Crippen LogP contribution in [0.15, 0.2) is 29.3 Å². The summed E-state index contributed by atoms with van der Waals surface area (Å²) < 4.78 is 46.6. The van der Waals surface area contributed by atoms with Crippen molar-refractivity contribution >= 4 is 29.9 Å². The fraction of sp³-hybridized carbons (Fsp3) is 0.611. The molecule has 1 rings (SSSR count). The number of ether oxygens (including phenoxy) is 2. The van der Waals surface area contributed by atoms with Crippen LogP contribution in [0.4, 0.5) is 13.2 Å². The molecule has 0 heterocycles. The molecule has 0 saturated carbocycles. The highest BCUT2D eigenvalue weighted by Crippen LogP contribution is 2.19. The molecule has 0 atom stereocenters. The highest BCUT2D eigenvalue weighted by atomic mass is 127. The van der Waals surface area contributed by atoms with Crippen LogP contribution in [0.3, 0.4) is 0 Å². The minimum atomic E-state index is -4.34. The maximum atomic E-state index is 12.1. The fourth-order valence-corrected chi connectivity index (χ4v) is 1.93. The number of hydrogen-bond acceptors (Lipinski definition) is 3. The van der Waals surface area contributed by atoms with E-state index < -0.39 is 12.8 Å². The van der Waals surface area contributed by atoms with Gasteiger partial charge >= 0.3 is 6.18 Å². The lowest BCUT2D eigenvalue weighted by Gasteiger charge is -2.12. The Labute approximate surface area is 176 Å². The molecule has 5 nitrogen and oxygen atoms in total. The van der Waals surface area contributed by atoms with Gasteiger partial charge in [0.2, 0.25) is 0 Å². The zero-order valence-electron chi connectivity index (χ0n) is 15.9. The molecule has 27 heavy (non-hydrogen) atoms.